The van der Waals surface area contributed by atoms with Crippen LogP contribution in [-0.4, -0.2) is 28.4 Å². The van der Waals surface area contributed by atoms with Gasteiger partial charge in [0, 0.05) is 5.56 Å². The van der Waals surface area contributed by atoms with E-state index in [0.717, 1.165) is 17.5 Å². The van der Waals surface area contributed by atoms with Crippen LogP contribution in [0.25, 0.3) is 17.2 Å². The molecule has 0 bridgehead atoms. The number of aliphatic carboxylic acids is 1. The lowest BCUT2D eigenvalue weighted by atomic mass is 9.81. The van der Waals surface area contributed by atoms with Gasteiger partial charge in [0.25, 0.3) is 11.8 Å². The van der Waals surface area contributed by atoms with Gasteiger partial charge in [-0.3, -0.25) is 9.59 Å². The molecule has 37 heavy (non-hydrogen) atoms. The molecule has 6 nitrogen and oxygen atoms in total. The molecular formula is C29H26Cl2N2O4. The van der Waals surface area contributed by atoms with Gasteiger partial charge in [0.15, 0.2) is 0 Å². The molecule has 0 atom stereocenters. The number of carboxylic acids is 1. The molecular weight excluding hydrogens is 511 g/mol. The molecule has 0 spiro atoms. The van der Waals surface area contributed by atoms with Crippen LogP contribution in [-0.2, 0) is 9.59 Å². The molecule has 1 aliphatic carbocycles. The van der Waals surface area contributed by atoms with Crippen molar-refractivity contribution in [3.05, 3.63) is 99.7 Å². The fourth-order valence-electron chi connectivity index (χ4n) is 4.40. The van der Waals surface area contributed by atoms with Gasteiger partial charge in [-0.1, -0.05) is 91.0 Å². The maximum Gasteiger partial charge on any atom is 0.329 e. The second kappa shape index (κ2) is 11.6. The molecule has 1 fully saturated rings. The topological polar surface area (TPSA) is 95.5 Å². The second-order valence-corrected chi connectivity index (χ2v) is 9.85. The highest BCUT2D eigenvalue weighted by Gasteiger charge is 2.41. The zero-order valence-electron chi connectivity index (χ0n) is 20.0. The van der Waals surface area contributed by atoms with Gasteiger partial charge < -0.3 is 15.7 Å². The van der Waals surface area contributed by atoms with Crippen molar-refractivity contribution in [1.29, 1.82) is 0 Å². The average Bonchev–Trinajstić information content (AvgIpc) is 2.91. The van der Waals surface area contributed by atoms with E-state index in [4.69, 9.17) is 23.2 Å². The molecule has 190 valence electrons. The van der Waals surface area contributed by atoms with Crippen molar-refractivity contribution in [2.24, 2.45) is 0 Å². The minimum absolute atomic E-state index is 0.0956. The lowest BCUT2D eigenvalue weighted by molar-refractivity contribution is -0.148. The van der Waals surface area contributed by atoms with Gasteiger partial charge in [-0.2, -0.15) is 0 Å². The van der Waals surface area contributed by atoms with E-state index in [1.54, 1.807) is 30.3 Å². The summed E-state index contributed by atoms with van der Waals surface area (Å²) < 4.78 is 0. The maximum absolute atomic E-state index is 13.4. The fraction of sp³-hybridized carbons (Fsp3) is 0.207. The van der Waals surface area contributed by atoms with E-state index >= 15 is 0 Å². The van der Waals surface area contributed by atoms with Gasteiger partial charge in [0.05, 0.1) is 10.0 Å². The Kier molecular flexibility index (Phi) is 8.31. The molecule has 0 saturated heterocycles. The molecule has 3 N–H and O–H groups in total. The molecule has 0 heterocycles. The Bertz CT molecular complexity index is 1330. The van der Waals surface area contributed by atoms with Crippen LogP contribution in [0.2, 0.25) is 10.0 Å². The number of halogens is 2. The first-order valence-corrected chi connectivity index (χ1v) is 12.7. The first-order chi connectivity index (χ1) is 17.8. The molecule has 0 aromatic heterocycles. The fourth-order valence-corrected chi connectivity index (χ4v) is 4.71. The summed E-state index contributed by atoms with van der Waals surface area (Å²) in [5.41, 5.74) is 1.35. The Morgan fingerprint density at radius 3 is 2.08 bits per heavy atom. The summed E-state index contributed by atoms with van der Waals surface area (Å²) in [5.74, 6) is -2.28. The maximum atomic E-state index is 13.4. The first-order valence-electron chi connectivity index (χ1n) is 12.0. The third-order valence-electron chi connectivity index (χ3n) is 6.47. The molecule has 8 heteroatoms. The Hall–Kier alpha value is -3.61. The van der Waals surface area contributed by atoms with Gasteiger partial charge in [0.1, 0.15) is 11.2 Å². The Morgan fingerprint density at radius 2 is 1.46 bits per heavy atom. The van der Waals surface area contributed by atoms with Crippen LogP contribution in [0.5, 0.6) is 0 Å². The standard InChI is InChI=1S/C29H26Cl2N2O4/c30-23-14-9-19(17-24(23)31)18-25(27(35)33-29(28(36)37)15-5-2-6-16-29)32-26(34)22-12-10-21(11-13-22)20-7-3-1-4-8-20/h1,3-4,7-14,17-18H,2,5-6,15-16H2,(H,32,34)(H,33,35)(H,36,37). The zero-order valence-corrected chi connectivity index (χ0v) is 21.5. The number of hydrogen-bond acceptors (Lipinski definition) is 3. The van der Waals surface area contributed by atoms with Crippen molar-refractivity contribution in [2.75, 3.05) is 0 Å². The van der Waals surface area contributed by atoms with Gasteiger partial charge in [-0.25, -0.2) is 4.79 Å². The van der Waals surface area contributed by atoms with Gasteiger partial charge >= 0.3 is 5.97 Å². The minimum Gasteiger partial charge on any atom is -0.480 e. The van der Waals surface area contributed by atoms with E-state index in [-0.39, 0.29) is 10.7 Å². The van der Waals surface area contributed by atoms with E-state index in [9.17, 15) is 19.5 Å². The van der Waals surface area contributed by atoms with Crippen molar-refractivity contribution < 1.29 is 19.5 Å². The molecule has 0 aliphatic heterocycles. The van der Waals surface area contributed by atoms with Crippen molar-refractivity contribution in [3.63, 3.8) is 0 Å². The van der Waals surface area contributed by atoms with Gasteiger partial charge in [-0.15, -0.1) is 0 Å². The number of carbonyl (C=O) groups excluding carboxylic acids is 2. The molecule has 0 unspecified atom stereocenters. The number of hydrogen-bond donors (Lipinski definition) is 3. The number of benzene rings is 3. The summed E-state index contributed by atoms with van der Waals surface area (Å²) in [6.45, 7) is 0. The van der Waals surface area contributed by atoms with Crippen LogP contribution in [0.3, 0.4) is 0 Å². The third kappa shape index (κ3) is 6.40. The Balaban J connectivity index is 1.61. The highest BCUT2D eigenvalue weighted by atomic mass is 35.5. The summed E-state index contributed by atoms with van der Waals surface area (Å²) >= 11 is 12.2. The van der Waals surface area contributed by atoms with E-state index in [1.165, 1.54) is 6.08 Å². The average molecular weight is 537 g/mol. The van der Waals surface area contributed by atoms with Crippen molar-refractivity contribution in [3.8, 4) is 11.1 Å². The van der Waals surface area contributed by atoms with Crippen molar-refractivity contribution in [1.82, 2.24) is 10.6 Å². The number of rotatable bonds is 7. The summed E-state index contributed by atoms with van der Waals surface area (Å²) in [4.78, 5) is 38.6. The largest absolute Gasteiger partial charge is 0.480 e. The molecule has 3 aromatic carbocycles. The summed E-state index contributed by atoms with van der Waals surface area (Å²) in [6.07, 6.45) is 4.39. The van der Waals surface area contributed by atoms with Gasteiger partial charge in [0.2, 0.25) is 0 Å². The van der Waals surface area contributed by atoms with Crippen LogP contribution in [0.4, 0.5) is 0 Å². The number of carbonyl (C=O) groups is 3. The summed E-state index contributed by atoms with van der Waals surface area (Å²) in [5, 5.41) is 15.9. The Morgan fingerprint density at radius 1 is 0.811 bits per heavy atom. The van der Waals surface area contributed by atoms with Gasteiger partial charge in [-0.05, 0) is 59.9 Å². The third-order valence-corrected chi connectivity index (χ3v) is 7.21. The van der Waals surface area contributed by atoms with Crippen molar-refractivity contribution >= 4 is 47.1 Å². The lowest BCUT2D eigenvalue weighted by Gasteiger charge is -2.34. The van der Waals surface area contributed by atoms with E-state index in [0.29, 0.717) is 41.8 Å². The van der Waals surface area contributed by atoms with E-state index in [2.05, 4.69) is 10.6 Å². The monoisotopic (exact) mass is 536 g/mol. The number of nitrogens with one attached hydrogen (secondary N) is 2. The van der Waals surface area contributed by atoms with E-state index < -0.39 is 23.3 Å². The smallest absolute Gasteiger partial charge is 0.329 e. The normalized spacial score (nSPS) is 15.0. The lowest BCUT2D eigenvalue weighted by Crippen LogP contribution is -2.56. The minimum atomic E-state index is -1.38. The predicted molar refractivity (Wildman–Crippen MR) is 145 cm³/mol. The SMILES string of the molecule is O=C(NC1(C(=O)O)CCCCC1)C(=Cc1ccc(Cl)c(Cl)c1)NC(=O)c1ccc(-c2ccccc2)cc1. The Labute approximate surface area is 225 Å². The van der Waals surface area contributed by atoms with Crippen LogP contribution < -0.4 is 10.6 Å². The molecule has 2 amide bonds. The molecule has 0 radical (unpaired) electrons. The van der Waals surface area contributed by atoms with Crippen molar-refractivity contribution in [2.45, 2.75) is 37.6 Å². The molecule has 4 rings (SSSR count). The van der Waals surface area contributed by atoms with Crippen LogP contribution >= 0.6 is 23.2 Å². The second-order valence-electron chi connectivity index (χ2n) is 9.03. The molecule has 1 saturated carbocycles. The summed E-state index contributed by atoms with van der Waals surface area (Å²) in [7, 11) is 0. The first kappa shape index (κ1) is 26.5. The van der Waals surface area contributed by atoms with Crippen LogP contribution in [0, 0.1) is 0 Å². The number of amides is 2. The molecule has 3 aromatic rings. The van der Waals surface area contributed by atoms with Crippen LogP contribution in [0.1, 0.15) is 48.0 Å². The van der Waals surface area contributed by atoms with Crippen LogP contribution in [0.15, 0.2) is 78.5 Å². The highest BCUT2D eigenvalue weighted by molar-refractivity contribution is 6.42. The summed E-state index contributed by atoms with van der Waals surface area (Å²) in [6, 6.07) is 21.5. The number of carboxylic acid groups (broad SMARTS) is 1. The quantitative estimate of drug-likeness (QED) is 0.307. The molecule has 1 aliphatic rings. The predicted octanol–water partition coefficient (Wildman–Crippen LogP) is 6.34. The highest BCUT2D eigenvalue weighted by Crippen LogP contribution is 2.29. The van der Waals surface area contributed by atoms with E-state index in [1.807, 2.05) is 42.5 Å². The zero-order chi connectivity index (χ0) is 26.4.